The van der Waals surface area contributed by atoms with E-state index in [1.54, 1.807) is 0 Å². The molecular formula is C9H4Cl3N3O. The molecule has 0 saturated carbocycles. The maximum atomic E-state index is 5.91. The van der Waals surface area contributed by atoms with Gasteiger partial charge in [0.15, 0.2) is 5.75 Å². The summed E-state index contributed by atoms with van der Waals surface area (Å²) in [4.78, 5) is 11.2. The van der Waals surface area contributed by atoms with Crippen molar-refractivity contribution >= 4 is 34.8 Å². The van der Waals surface area contributed by atoms with Gasteiger partial charge in [0.1, 0.15) is 12.7 Å². The third-order valence-corrected chi connectivity index (χ3v) is 2.66. The Balaban J connectivity index is 2.32. The van der Waals surface area contributed by atoms with E-state index < -0.39 is 0 Å². The Bertz CT molecular complexity index is 507. The zero-order valence-electron chi connectivity index (χ0n) is 7.69. The molecule has 1 heterocycles. The summed E-state index contributed by atoms with van der Waals surface area (Å²) in [5.74, 6) is 0.335. The van der Waals surface area contributed by atoms with E-state index in [0.717, 1.165) is 0 Å². The molecule has 0 fully saturated rings. The topological polar surface area (TPSA) is 47.9 Å². The number of ether oxygens (including phenoxy) is 1. The minimum Gasteiger partial charge on any atom is -0.423 e. The first kappa shape index (κ1) is 11.4. The third kappa shape index (κ3) is 2.52. The Morgan fingerprint density at radius 3 is 2.19 bits per heavy atom. The van der Waals surface area contributed by atoms with Crippen molar-refractivity contribution in [3.05, 3.63) is 39.9 Å². The van der Waals surface area contributed by atoms with Gasteiger partial charge < -0.3 is 4.74 Å². The molecule has 0 atom stereocenters. The second kappa shape index (κ2) is 4.82. The van der Waals surface area contributed by atoms with Crippen LogP contribution in [0, 0.1) is 0 Å². The summed E-state index contributed by atoms with van der Waals surface area (Å²) in [6.45, 7) is 0. The largest absolute Gasteiger partial charge is 0.423 e. The molecule has 0 bridgehead atoms. The molecule has 0 N–H and O–H groups in total. The van der Waals surface area contributed by atoms with Gasteiger partial charge in [-0.2, -0.15) is 9.97 Å². The monoisotopic (exact) mass is 275 g/mol. The lowest BCUT2D eigenvalue weighted by molar-refractivity contribution is 0.439. The molecule has 1 aromatic carbocycles. The Morgan fingerprint density at radius 2 is 1.50 bits per heavy atom. The zero-order valence-corrected chi connectivity index (χ0v) is 9.96. The van der Waals surface area contributed by atoms with Crippen molar-refractivity contribution < 1.29 is 4.74 Å². The van der Waals surface area contributed by atoms with Crippen LogP contribution in [0.15, 0.2) is 24.8 Å². The first-order valence-corrected chi connectivity index (χ1v) is 5.24. The quantitative estimate of drug-likeness (QED) is 0.786. The van der Waals surface area contributed by atoms with E-state index in [4.69, 9.17) is 39.5 Å². The molecule has 4 nitrogen and oxygen atoms in total. The molecule has 0 aliphatic carbocycles. The molecule has 82 valence electrons. The van der Waals surface area contributed by atoms with Crippen molar-refractivity contribution in [3.63, 3.8) is 0 Å². The van der Waals surface area contributed by atoms with E-state index >= 15 is 0 Å². The van der Waals surface area contributed by atoms with Gasteiger partial charge in [-0.05, 0) is 6.07 Å². The molecule has 1 aromatic heterocycles. The Morgan fingerprint density at radius 1 is 0.875 bits per heavy atom. The molecule has 0 unspecified atom stereocenters. The Hall–Kier alpha value is -1.10. The summed E-state index contributed by atoms with van der Waals surface area (Å²) in [5.41, 5.74) is 0. The minimum atomic E-state index is 0.135. The summed E-state index contributed by atoms with van der Waals surface area (Å²) < 4.78 is 5.31. The lowest BCUT2D eigenvalue weighted by atomic mass is 10.3. The van der Waals surface area contributed by atoms with Crippen LogP contribution in [-0.4, -0.2) is 15.0 Å². The standard InChI is InChI=1S/C9H4Cl3N3O/c10-5-1-7(12)8(2-6(5)11)16-9-14-3-13-4-15-9/h1-4H. The van der Waals surface area contributed by atoms with Crippen LogP contribution < -0.4 is 4.74 Å². The Kier molecular flexibility index (Phi) is 3.43. The van der Waals surface area contributed by atoms with Gasteiger partial charge in [0, 0.05) is 6.07 Å². The number of benzene rings is 1. The minimum absolute atomic E-state index is 0.135. The van der Waals surface area contributed by atoms with Gasteiger partial charge >= 0.3 is 6.01 Å². The second-order valence-corrected chi connectivity index (χ2v) is 3.94. The highest BCUT2D eigenvalue weighted by Crippen LogP contribution is 2.35. The molecule has 0 spiro atoms. The van der Waals surface area contributed by atoms with Gasteiger partial charge in [-0.25, -0.2) is 4.98 Å². The Labute approximate surface area is 106 Å². The molecule has 7 heteroatoms. The van der Waals surface area contributed by atoms with Gasteiger partial charge in [-0.1, -0.05) is 34.8 Å². The van der Waals surface area contributed by atoms with E-state index in [1.807, 2.05) is 0 Å². The van der Waals surface area contributed by atoms with Crippen LogP contribution in [0.2, 0.25) is 15.1 Å². The van der Waals surface area contributed by atoms with Gasteiger partial charge in [-0.3, -0.25) is 0 Å². The van der Waals surface area contributed by atoms with E-state index in [1.165, 1.54) is 24.8 Å². The number of hydrogen-bond donors (Lipinski definition) is 0. The molecule has 16 heavy (non-hydrogen) atoms. The van der Waals surface area contributed by atoms with Crippen molar-refractivity contribution in [3.8, 4) is 11.8 Å². The smallest absolute Gasteiger partial charge is 0.324 e. The van der Waals surface area contributed by atoms with Gasteiger partial charge in [0.05, 0.1) is 15.1 Å². The molecular weight excluding hydrogens is 272 g/mol. The average molecular weight is 277 g/mol. The molecule has 0 aliphatic heterocycles. The fourth-order valence-electron chi connectivity index (χ4n) is 0.962. The van der Waals surface area contributed by atoms with Gasteiger partial charge in [0.25, 0.3) is 0 Å². The van der Waals surface area contributed by atoms with Crippen molar-refractivity contribution in [1.82, 2.24) is 15.0 Å². The summed E-state index contributed by atoms with van der Waals surface area (Å²) in [6, 6.07) is 3.12. The number of hydrogen-bond acceptors (Lipinski definition) is 4. The van der Waals surface area contributed by atoms with E-state index in [9.17, 15) is 0 Å². The summed E-state index contributed by atoms with van der Waals surface area (Å²) in [5, 5.41) is 1.03. The number of nitrogens with zero attached hydrogens (tertiary/aromatic N) is 3. The lowest BCUT2D eigenvalue weighted by Gasteiger charge is -2.06. The lowest BCUT2D eigenvalue weighted by Crippen LogP contribution is -1.92. The first-order valence-electron chi connectivity index (χ1n) is 4.11. The third-order valence-electron chi connectivity index (χ3n) is 1.65. The molecule has 0 aliphatic rings. The molecule has 0 amide bonds. The summed E-state index contributed by atoms with van der Waals surface area (Å²) in [6.07, 6.45) is 2.63. The van der Waals surface area contributed by atoms with Gasteiger partial charge in [0.2, 0.25) is 0 Å². The van der Waals surface area contributed by atoms with Crippen molar-refractivity contribution in [1.29, 1.82) is 0 Å². The SMILES string of the molecule is Clc1cc(Cl)c(Oc2ncncn2)cc1Cl. The van der Waals surface area contributed by atoms with Crippen molar-refractivity contribution in [2.45, 2.75) is 0 Å². The maximum Gasteiger partial charge on any atom is 0.324 e. The molecule has 0 saturated heterocycles. The van der Waals surface area contributed by atoms with E-state index in [-0.39, 0.29) is 6.01 Å². The predicted octanol–water partition coefficient (Wildman–Crippen LogP) is 3.62. The molecule has 0 radical (unpaired) electrons. The molecule has 2 aromatic rings. The van der Waals surface area contributed by atoms with Gasteiger partial charge in [-0.15, -0.1) is 0 Å². The molecule has 2 rings (SSSR count). The summed E-state index contributed by atoms with van der Waals surface area (Å²) in [7, 11) is 0. The van der Waals surface area contributed by atoms with Crippen LogP contribution in [0.5, 0.6) is 11.8 Å². The van der Waals surface area contributed by atoms with Crippen LogP contribution in [0.25, 0.3) is 0 Å². The number of halogens is 3. The van der Waals surface area contributed by atoms with E-state index in [0.29, 0.717) is 20.8 Å². The number of aromatic nitrogens is 3. The summed E-state index contributed by atoms with van der Waals surface area (Å²) >= 11 is 17.5. The zero-order chi connectivity index (χ0) is 11.5. The average Bonchev–Trinajstić information content (AvgIpc) is 2.27. The second-order valence-electron chi connectivity index (χ2n) is 2.72. The highest BCUT2D eigenvalue weighted by atomic mass is 35.5. The fourth-order valence-corrected chi connectivity index (χ4v) is 1.54. The van der Waals surface area contributed by atoms with Crippen LogP contribution in [-0.2, 0) is 0 Å². The van der Waals surface area contributed by atoms with Crippen LogP contribution in [0.4, 0.5) is 0 Å². The highest BCUT2D eigenvalue weighted by molar-refractivity contribution is 6.43. The van der Waals surface area contributed by atoms with E-state index in [2.05, 4.69) is 15.0 Å². The van der Waals surface area contributed by atoms with Crippen LogP contribution >= 0.6 is 34.8 Å². The predicted molar refractivity (Wildman–Crippen MR) is 61.4 cm³/mol. The number of rotatable bonds is 2. The van der Waals surface area contributed by atoms with Crippen LogP contribution in [0.1, 0.15) is 0 Å². The van der Waals surface area contributed by atoms with Crippen LogP contribution in [0.3, 0.4) is 0 Å². The highest BCUT2D eigenvalue weighted by Gasteiger charge is 2.09. The fraction of sp³-hybridized carbons (Fsp3) is 0. The maximum absolute atomic E-state index is 5.91. The normalized spacial score (nSPS) is 10.2. The van der Waals surface area contributed by atoms with Crippen molar-refractivity contribution in [2.24, 2.45) is 0 Å². The van der Waals surface area contributed by atoms with Crippen molar-refractivity contribution in [2.75, 3.05) is 0 Å². The first-order chi connectivity index (χ1) is 7.66.